The third-order valence-electron chi connectivity index (χ3n) is 8.36. The Bertz CT molecular complexity index is 1030. The van der Waals surface area contributed by atoms with E-state index in [2.05, 4.69) is 29.8 Å². The quantitative estimate of drug-likeness (QED) is 0.441. The summed E-state index contributed by atoms with van der Waals surface area (Å²) in [6, 6.07) is 9.28. The molecule has 3 amide bonds. The Balaban J connectivity index is 1.39. The summed E-state index contributed by atoms with van der Waals surface area (Å²) in [4.78, 5) is 26.6. The molecule has 190 valence electrons. The van der Waals surface area contributed by atoms with Crippen molar-refractivity contribution in [2.75, 3.05) is 5.32 Å². The molecule has 0 saturated heterocycles. The molecule has 2 saturated carbocycles. The predicted molar refractivity (Wildman–Crippen MR) is 136 cm³/mol. The summed E-state index contributed by atoms with van der Waals surface area (Å²) in [6.45, 7) is 6.74. The number of fused-ring (bicyclic) bond motifs is 1. The smallest absolute Gasteiger partial charge is 0.319 e. The summed E-state index contributed by atoms with van der Waals surface area (Å²) in [5.74, 6) is -0.855. The van der Waals surface area contributed by atoms with Crippen LogP contribution in [-0.2, 0) is 11.3 Å². The summed E-state index contributed by atoms with van der Waals surface area (Å²) in [5.41, 5.74) is 0.371. The normalized spacial score (nSPS) is 31.2. The van der Waals surface area contributed by atoms with Gasteiger partial charge < -0.3 is 21.1 Å². The first-order valence-electron chi connectivity index (χ1n) is 12.5. The fourth-order valence-corrected chi connectivity index (χ4v) is 6.99. The monoisotopic (exact) mass is 501 g/mol. The Morgan fingerprint density at radius 1 is 1.23 bits per heavy atom. The van der Waals surface area contributed by atoms with Gasteiger partial charge in [-0.15, -0.1) is 11.3 Å². The third-order valence-corrected chi connectivity index (χ3v) is 9.24. The van der Waals surface area contributed by atoms with E-state index < -0.39 is 11.9 Å². The number of carbonyl (C=O) groups excluding carboxylic acids is 2. The van der Waals surface area contributed by atoms with Gasteiger partial charge in [0.25, 0.3) is 0 Å². The number of halogens is 1. The van der Waals surface area contributed by atoms with Gasteiger partial charge in [0, 0.05) is 22.5 Å². The number of rotatable bonds is 6. The zero-order chi connectivity index (χ0) is 25.2. The Morgan fingerprint density at radius 3 is 2.71 bits per heavy atom. The molecule has 4 N–H and O–H groups in total. The highest BCUT2D eigenvalue weighted by molar-refractivity contribution is 7.09. The van der Waals surface area contributed by atoms with Crippen LogP contribution < -0.4 is 16.0 Å². The Hall–Kier alpha value is -2.45. The maximum absolute atomic E-state index is 13.5. The van der Waals surface area contributed by atoms with Crippen LogP contribution in [0.5, 0.6) is 0 Å². The molecule has 0 spiro atoms. The molecule has 1 aromatic heterocycles. The number of amides is 3. The van der Waals surface area contributed by atoms with Gasteiger partial charge in [-0.2, -0.15) is 0 Å². The van der Waals surface area contributed by atoms with Gasteiger partial charge in [0.2, 0.25) is 5.91 Å². The van der Waals surface area contributed by atoms with E-state index in [1.807, 2.05) is 24.4 Å². The van der Waals surface area contributed by atoms with E-state index in [4.69, 9.17) is 0 Å². The molecule has 2 aliphatic carbocycles. The van der Waals surface area contributed by atoms with Crippen molar-refractivity contribution in [1.29, 1.82) is 0 Å². The highest BCUT2D eigenvalue weighted by Gasteiger charge is 2.53. The van der Waals surface area contributed by atoms with Crippen molar-refractivity contribution in [3.63, 3.8) is 0 Å². The fraction of sp³-hybridized carbons (Fsp3) is 0.556. The number of benzene rings is 1. The molecule has 0 bridgehead atoms. The van der Waals surface area contributed by atoms with Gasteiger partial charge in [-0.3, -0.25) is 4.79 Å². The predicted octanol–water partition coefficient (Wildman–Crippen LogP) is 5.15. The van der Waals surface area contributed by atoms with Crippen molar-refractivity contribution < 1.29 is 19.1 Å². The molecular formula is C27H36FN3O3S. The summed E-state index contributed by atoms with van der Waals surface area (Å²) >= 11 is 1.61. The number of thiophene rings is 1. The van der Waals surface area contributed by atoms with Gasteiger partial charge in [-0.1, -0.05) is 32.9 Å². The molecular weight excluding hydrogens is 465 g/mol. The van der Waals surface area contributed by atoms with Crippen LogP contribution in [0, 0.1) is 34.9 Å². The molecule has 2 fully saturated rings. The van der Waals surface area contributed by atoms with Gasteiger partial charge in [-0.25, -0.2) is 9.18 Å². The number of carbonyl (C=O) groups is 2. The number of hydrogen-bond acceptors (Lipinski definition) is 4. The molecule has 7 atom stereocenters. The summed E-state index contributed by atoms with van der Waals surface area (Å²) in [6.07, 6.45) is 2.86. The van der Waals surface area contributed by atoms with Crippen LogP contribution >= 0.6 is 11.3 Å². The van der Waals surface area contributed by atoms with Gasteiger partial charge in [-0.05, 0) is 78.5 Å². The van der Waals surface area contributed by atoms with Crippen molar-refractivity contribution in [3.05, 3.63) is 52.5 Å². The van der Waals surface area contributed by atoms with E-state index in [0.29, 0.717) is 12.2 Å². The molecule has 0 aliphatic heterocycles. The van der Waals surface area contributed by atoms with E-state index in [0.717, 1.165) is 30.6 Å². The van der Waals surface area contributed by atoms with E-state index in [1.54, 1.807) is 23.5 Å². The number of nitrogens with one attached hydrogen (secondary N) is 3. The molecule has 6 nitrogen and oxygen atoms in total. The average Bonchev–Trinajstić information content (AvgIpc) is 3.33. The number of aliphatic hydroxyl groups excluding tert-OH is 1. The SMILES string of the molecule is C[C@@H]1[C@@H]2[C@@H](O)[C@H]([C@H](C)C(=O)NCc3cccs3)CC[C@]2(C)CC[C@@H]1NC(=O)Nc1cccc(F)c1. The van der Waals surface area contributed by atoms with Crippen LogP contribution in [0.25, 0.3) is 0 Å². The van der Waals surface area contributed by atoms with E-state index in [1.165, 1.54) is 12.1 Å². The molecule has 0 unspecified atom stereocenters. The van der Waals surface area contributed by atoms with Crippen LogP contribution in [0.2, 0.25) is 0 Å². The number of urea groups is 1. The lowest BCUT2D eigenvalue weighted by Gasteiger charge is -2.56. The molecule has 0 radical (unpaired) electrons. The van der Waals surface area contributed by atoms with Crippen LogP contribution in [0.4, 0.5) is 14.9 Å². The lowest BCUT2D eigenvalue weighted by molar-refractivity contribution is -0.142. The first-order valence-corrected chi connectivity index (χ1v) is 13.4. The second-order valence-electron chi connectivity index (χ2n) is 10.6. The van der Waals surface area contributed by atoms with Crippen molar-refractivity contribution in [2.45, 2.75) is 65.1 Å². The van der Waals surface area contributed by atoms with E-state index in [9.17, 15) is 19.1 Å². The van der Waals surface area contributed by atoms with Crippen LogP contribution in [-0.4, -0.2) is 29.2 Å². The average molecular weight is 502 g/mol. The number of anilines is 1. The largest absolute Gasteiger partial charge is 0.392 e. The molecule has 2 aliphatic rings. The van der Waals surface area contributed by atoms with Crippen molar-refractivity contribution in [2.24, 2.45) is 29.1 Å². The Labute approximate surface area is 210 Å². The standard InChI is InChI=1S/C27H36FN3O3S/c1-16(25(33)29-15-20-8-5-13-35-20)21-9-11-27(3)12-10-22(17(2)23(27)24(21)32)31-26(34)30-19-7-4-6-18(28)14-19/h4-8,13-14,16-17,21-24,32H,9-12,15H2,1-3H3,(H,29,33)(H2,30,31,34)/t16-,17-,21-,22-,23+,24-,27+/m0/s1. The van der Waals surface area contributed by atoms with Gasteiger partial charge in [0.15, 0.2) is 0 Å². The minimum atomic E-state index is -0.623. The zero-order valence-electron chi connectivity index (χ0n) is 20.6. The summed E-state index contributed by atoms with van der Waals surface area (Å²) in [5, 5.41) is 22.3. The molecule has 8 heteroatoms. The number of hydrogen-bond donors (Lipinski definition) is 4. The Kier molecular flexibility index (Phi) is 7.81. The number of aliphatic hydroxyl groups is 1. The Morgan fingerprint density at radius 2 is 2.00 bits per heavy atom. The van der Waals surface area contributed by atoms with E-state index >= 15 is 0 Å². The second kappa shape index (κ2) is 10.7. The van der Waals surface area contributed by atoms with Gasteiger partial charge >= 0.3 is 6.03 Å². The van der Waals surface area contributed by atoms with E-state index in [-0.39, 0.29) is 47.1 Å². The lowest BCUT2D eigenvalue weighted by atomic mass is 9.52. The molecule has 4 rings (SSSR count). The zero-order valence-corrected chi connectivity index (χ0v) is 21.4. The van der Waals surface area contributed by atoms with Crippen LogP contribution in [0.1, 0.15) is 51.3 Å². The molecule has 35 heavy (non-hydrogen) atoms. The van der Waals surface area contributed by atoms with Gasteiger partial charge in [0.05, 0.1) is 12.6 Å². The minimum Gasteiger partial charge on any atom is -0.392 e. The fourth-order valence-electron chi connectivity index (χ4n) is 6.34. The highest BCUT2D eigenvalue weighted by atomic mass is 32.1. The molecule has 2 aromatic rings. The van der Waals surface area contributed by atoms with Gasteiger partial charge in [0.1, 0.15) is 5.82 Å². The van der Waals surface area contributed by atoms with Crippen molar-refractivity contribution >= 4 is 29.0 Å². The van der Waals surface area contributed by atoms with Crippen molar-refractivity contribution in [3.8, 4) is 0 Å². The topological polar surface area (TPSA) is 90.5 Å². The van der Waals surface area contributed by atoms with Crippen LogP contribution in [0.15, 0.2) is 41.8 Å². The molecule has 1 heterocycles. The third kappa shape index (κ3) is 5.70. The highest BCUT2D eigenvalue weighted by Crippen LogP contribution is 2.55. The summed E-state index contributed by atoms with van der Waals surface area (Å²) in [7, 11) is 0. The molecule has 1 aromatic carbocycles. The minimum absolute atomic E-state index is 0.0259. The first-order chi connectivity index (χ1) is 16.7. The van der Waals surface area contributed by atoms with Crippen molar-refractivity contribution in [1.82, 2.24) is 10.6 Å². The van der Waals surface area contributed by atoms with Crippen LogP contribution in [0.3, 0.4) is 0 Å². The maximum Gasteiger partial charge on any atom is 0.319 e. The first kappa shape index (κ1) is 25.6. The summed E-state index contributed by atoms with van der Waals surface area (Å²) < 4.78 is 13.5. The lowest BCUT2D eigenvalue weighted by Crippen LogP contribution is -2.58. The second-order valence-corrected chi connectivity index (χ2v) is 11.6. The maximum atomic E-state index is 13.5.